The summed E-state index contributed by atoms with van der Waals surface area (Å²) in [5.74, 6) is 0.487. The van der Waals surface area contributed by atoms with Crippen LogP contribution in [0, 0.1) is 0 Å². The number of likely N-dealkylation sites (N-methyl/N-ethyl adjacent to an activating group) is 1. The highest BCUT2D eigenvalue weighted by molar-refractivity contribution is 7.97. The minimum Gasteiger partial charge on any atom is -0.357 e. The molecule has 0 heterocycles. The van der Waals surface area contributed by atoms with Gasteiger partial charge in [0.25, 0.3) is 5.91 Å². The van der Waals surface area contributed by atoms with Gasteiger partial charge in [-0.1, -0.05) is 12.1 Å². The number of carbonyl (C=O) groups excluding carboxylic acids is 2. The molecule has 1 atom stereocenters. The van der Waals surface area contributed by atoms with Crippen LogP contribution in [0.5, 0.6) is 0 Å². The Morgan fingerprint density at radius 1 is 1.28 bits per heavy atom. The highest BCUT2D eigenvalue weighted by Crippen LogP contribution is 2.10. The van der Waals surface area contributed by atoms with E-state index in [1.165, 1.54) is 5.56 Å². The van der Waals surface area contributed by atoms with Gasteiger partial charge in [-0.25, -0.2) is 0 Å². The van der Waals surface area contributed by atoms with E-state index in [0.717, 1.165) is 5.75 Å². The number of rotatable bonds is 5. The maximum atomic E-state index is 11.8. The fourth-order valence-electron chi connectivity index (χ4n) is 1.48. The fraction of sp³-hybridized carbons (Fsp3) is 0.385. The van der Waals surface area contributed by atoms with Crippen LogP contribution in [0.15, 0.2) is 24.3 Å². The van der Waals surface area contributed by atoms with Crippen LogP contribution >= 0.6 is 11.8 Å². The third kappa shape index (κ3) is 4.07. The molecule has 5 heteroatoms. The van der Waals surface area contributed by atoms with Gasteiger partial charge in [0.15, 0.2) is 0 Å². The first-order valence-corrected chi connectivity index (χ1v) is 7.08. The van der Waals surface area contributed by atoms with Gasteiger partial charge in [-0.3, -0.25) is 9.59 Å². The first-order chi connectivity index (χ1) is 8.58. The predicted octanol–water partition coefficient (Wildman–Crippen LogP) is 1.41. The van der Waals surface area contributed by atoms with Crippen LogP contribution in [0.1, 0.15) is 22.8 Å². The second kappa shape index (κ2) is 7.06. The van der Waals surface area contributed by atoms with Gasteiger partial charge in [-0.15, -0.1) is 0 Å². The topological polar surface area (TPSA) is 58.2 Å². The molecule has 1 aromatic carbocycles. The Balaban J connectivity index is 2.64. The molecule has 2 amide bonds. The minimum atomic E-state index is -0.534. The van der Waals surface area contributed by atoms with E-state index < -0.39 is 6.04 Å². The lowest BCUT2D eigenvalue weighted by Gasteiger charge is -2.12. The molecule has 0 aliphatic heterocycles. The van der Waals surface area contributed by atoms with Gasteiger partial charge in [0.05, 0.1) is 0 Å². The monoisotopic (exact) mass is 266 g/mol. The molecule has 4 nitrogen and oxygen atoms in total. The first-order valence-electron chi connectivity index (χ1n) is 5.68. The van der Waals surface area contributed by atoms with E-state index in [2.05, 4.69) is 10.6 Å². The molecule has 0 aliphatic carbocycles. The normalized spacial score (nSPS) is 11.7. The lowest BCUT2D eigenvalue weighted by Crippen LogP contribution is -2.43. The Bertz CT molecular complexity index is 418. The Morgan fingerprint density at radius 2 is 1.89 bits per heavy atom. The van der Waals surface area contributed by atoms with Crippen LogP contribution < -0.4 is 10.6 Å². The molecule has 0 saturated heterocycles. The summed E-state index contributed by atoms with van der Waals surface area (Å²) in [5, 5.41) is 5.13. The number of amides is 2. The molecule has 0 radical (unpaired) electrons. The number of hydrogen-bond acceptors (Lipinski definition) is 3. The number of benzene rings is 1. The van der Waals surface area contributed by atoms with Crippen molar-refractivity contribution in [2.45, 2.75) is 18.7 Å². The molecule has 0 aromatic heterocycles. The Labute approximate surface area is 112 Å². The maximum Gasteiger partial charge on any atom is 0.251 e. The van der Waals surface area contributed by atoms with Crippen LogP contribution in [0.4, 0.5) is 0 Å². The summed E-state index contributed by atoms with van der Waals surface area (Å²) in [6.45, 7) is 1.65. The Hall–Kier alpha value is -1.49. The zero-order chi connectivity index (χ0) is 13.5. The summed E-state index contributed by atoms with van der Waals surface area (Å²) in [7, 11) is 1.54. The summed E-state index contributed by atoms with van der Waals surface area (Å²) < 4.78 is 0. The molecule has 2 N–H and O–H groups in total. The van der Waals surface area contributed by atoms with E-state index in [0.29, 0.717) is 5.56 Å². The summed E-state index contributed by atoms with van der Waals surface area (Å²) >= 11 is 1.73. The molecule has 98 valence electrons. The van der Waals surface area contributed by atoms with E-state index in [1.807, 2.05) is 18.4 Å². The zero-order valence-electron chi connectivity index (χ0n) is 10.8. The van der Waals surface area contributed by atoms with Crippen LogP contribution in [0.2, 0.25) is 0 Å². The lowest BCUT2D eigenvalue weighted by atomic mass is 10.1. The van der Waals surface area contributed by atoms with Crippen molar-refractivity contribution in [3.63, 3.8) is 0 Å². The molecule has 1 rings (SSSR count). The number of hydrogen-bond donors (Lipinski definition) is 2. The largest absolute Gasteiger partial charge is 0.357 e. The molecule has 0 spiro atoms. The zero-order valence-corrected chi connectivity index (χ0v) is 11.6. The van der Waals surface area contributed by atoms with E-state index >= 15 is 0 Å². The van der Waals surface area contributed by atoms with Crippen molar-refractivity contribution in [1.29, 1.82) is 0 Å². The van der Waals surface area contributed by atoms with Crippen molar-refractivity contribution < 1.29 is 9.59 Å². The third-order valence-electron chi connectivity index (χ3n) is 2.51. The summed E-state index contributed by atoms with van der Waals surface area (Å²) in [4.78, 5) is 23.1. The van der Waals surface area contributed by atoms with Gasteiger partial charge < -0.3 is 10.6 Å². The van der Waals surface area contributed by atoms with E-state index in [4.69, 9.17) is 0 Å². The second-order valence-corrected chi connectivity index (χ2v) is 4.81. The van der Waals surface area contributed by atoms with Crippen LogP contribution in [0.25, 0.3) is 0 Å². The van der Waals surface area contributed by atoms with Gasteiger partial charge in [0, 0.05) is 18.4 Å². The number of nitrogens with one attached hydrogen (secondary N) is 2. The molecule has 18 heavy (non-hydrogen) atoms. The van der Waals surface area contributed by atoms with E-state index in [1.54, 1.807) is 37.9 Å². The standard InChI is InChI=1S/C13H18N2O2S/c1-9(12(16)14-2)15-13(17)11-6-4-10(5-7-11)8-18-3/h4-7,9H,8H2,1-3H3,(H,14,16)(H,15,17). The SMILES string of the molecule is CNC(=O)C(C)NC(=O)c1ccc(CSC)cc1. The number of carbonyl (C=O) groups is 2. The number of thioether (sulfide) groups is 1. The predicted molar refractivity (Wildman–Crippen MR) is 74.7 cm³/mol. The fourth-order valence-corrected chi connectivity index (χ4v) is 2.01. The molecular formula is C13H18N2O2S. The summed E-state index contributed by atoms with van der Waals surface area (Å²) in [6.07, 6.45) is 2.03. The van der Waals surface area contributed by atoms with Crippen molar-refractivity contribution in [2.75, 3.05) is 13.3 Å². The highest BCUT2D eigenvalue weighted by atomic mass is 32.2. The molecule has 0 saturated carbocycles. The van der Waals surface area contributed by atoms with Crippen LogP contribution in [-0.4, -0.2) is 31.2 Å². The summed E-state index contributed by atoms with van der Waals surface area (Å²) in [6, 6.07) is 6.87. The van der Waals surface area contributed by atoms with Gasteiger partial charge in [0.1, 0.15) is 6.04 Å². The quantitative estimate of drug-likeness (QED) is 0.847. The molecule has 0 aliphatic rings. The molecule has 1 unspecified atom stereocenters. The van der Waals surface area contributed by atoms with Crippen molar-refractivity contribution in [1.82, 2.24) is 10.6 Å². The molecule has 0 bridgehead atoms. The van der Waals surface area contributed by atoms with Crippen molar-refractivity contribution >= 4 is 23.6 Å². The molecular weight excluding hydrogens is 248 g/mol. The van der Waals surface area contributed by atoms with Crippen molar-refractivity contribution in [2.24, 2.45) is 0 Å². The van der Waals surface area contributed by atoms with Crippen LogP contribution in [0.3, 0.4) is 0 Å². The molecule has 0 fully saturated rings. The third-order valence-corrected chi connectivity index (χ3v) is 3.14. The average Bonchev–Trinajstić information content (AvgIpc) is 2.38. The van der Waals surface area contributed by atoms with Crippen LogP contribution in [-0.2, 0) is 10.5 Å². The minimum absolute atomic E-state index is 0.206. The Kier molecular flexibility index (Phi) is 5.71. The van der Waals surface area contributed by atoms with Gasteiger partial charge in [-0.2, -0.15) is 11.8 Å². The summed E-state index contributed by atoms with van der Waals surface area (Å²) in [5.41, 5.74) is 1.74. The van der Waals surface area contributed by atoms with E-state index in [9.17, 15) is 9.59 Å². The van der Waals surface area contributed by atoms with Crippen molar-refractivity contribution in [3.05, 3.63) is 35.4 Å². The maximum absolute atomic E-state index is 11.8. The molecule has 1 aromatic rings. The van der Waals surface area contributed by atoms with Gasteiger partial charge in [0.2, 0.25) is 5.91 Å². The lowest BCUT2D eigenvalue weighted by molar-refractivity contribution is -0.122. The van der Waals surface area contributed by atoms with E-state index in [-0.39, 0.29) is 11.8 Å². The first kappa shape index (κ1) is 14.6. The highest BCUT2D eigenvalue weighted by Gasteiger charge is 2.14. The van der Waals surface area contributed by atoms with Crippen molar-refractivity contribution in [3.8, 4) is 0 Å². The smallest absolute Gasteiger partial charge is 0.251 e. The average molecular weight is 266 g/mol. The van der Waals surface area contributed by atoms with Gasteiger partial charge >= 0.3 is 0 Å². The van der Waals surface area contributed by atoms with Gasteiger partial charge in [-0.05, 0) is 30.9 Å². The second-order valence-electron chi connectivity index (χ2n) is 3.94. The Morgan fingerprint density at radius 3 is 2.39 bits per heavy atom.